The van der Waals surface area contributed by atoms with Crippen LogP contribution < -0.4 is 9.64 Å². The zero-order valence-corrected chi connectivity index (χ0v) is 17.3. The number of aryl methyl sites for hydroxylation is 1. The highest BCUT2D eigenvalue weighted by atomic mass is 16.5. The average molecular weight is 414 g/mol. The summed E-state index contributed by atoms with van der Waals surface area (Å²) in [5.41, 5.74) is 2.48. The highest BCUT2D eigenvalue weighted by molar-refractivity contribution is 6.51. The number of pyridine rings is 1. The number of aromatic nitrogens is 1. The van der Waals surface area contributed by atoms with E-state index in [0.29, 0.717) is 22.7 Å². The fourth-order valence-corrected chi connectivity index (χ4v) is 3.78. The Balaban J connectivity index is 1.94. The third-order valence-electron chi connectivity index (χ3n) is 5.39. The Morgan fingerprint density at radius 1 is 1.03 bits per heavy atom. The van der Waals surface area contributed by atoms with Crippen LogP contribution in [0.15, 0.2) is 78.5 Å². The number of para-hydroxylation sites is 2. The molecule has 1 aromatic heterocycles. The van der Waals surface area contributed by atoms with Crippen molar-refractivity contribution in [1.82, 2.24) is 4.98 Å². The number of anilines is 1. The minimum Gasteiger partial charge on any atom is -0.507 e. The molecule has 0 saturated carbocycles. The number of ether oxygens (including phenoxy) is 1. The number of carbonyl (C=O) groups excluding carboxylic acids is 2. The minimum absolute atomic E-state index is 0.00106. The fraction of sp³-hybridized carbons (Fsp3) is 0.160. The molecule has 4 rings (SSSR count). The van der Waals surface area contributed by atoms with Crippen LogP contribution in [0.3, 0.4) is 0 Å². The van der Waals surface area contributed by atoms with Crippen molar-refractivity contribution in [2.45, 2.75) is 19.4 Å². The van der Waals surface area contributed by atoms with Gasteiger partial charge < -0.3 is 9.84 Å². The number of rotatable bonds is 5. The quantitative estimate of drug-likeness (QED) is 0.383. The SMILES string of the molecule is CCc1ccc(/C(O)=C2/C(=O)C(=O)N(c3ccccc3OC)C2c2ccccn2)cc1. The molecule has 3 aromatic rings. The van der Waals surface area contributed by atoms with Crippen molar-refractivity contribution < 1.29 is 19.4 Å². The van der Waals surface area contributed by atoms with E-state index in [0.717, 1.165) is 12.0 Å². The summed E-state index contributed by atoms with van der Waals surface area (Å²) in [4.78, 5) is 32.0. The van der Waals surface area contributed by atoms with Crippen LogP contribution >= 0.6 is 0 Å². The smallest absolute Gasteiger partial charge is 0.300 e. The lowest BCUT2D eigenvalue weighted by molar-refractivity contribution is -0.132. The first-order valence-corrected chi connectivity index (χ1v) is 10.0. The number of nitrogens with zero attached hydrogens (tertiary/aromatic N) is 2. The number of hydrogen-bond acceptors (Lipinski definition) is 5. The third-order valence-corrected chi connectivity index (χ3v) is 5.39. The van der Waals surface area contributed by atoms with E-state index in [1.807, 2.05) is 19.1 Å². The minimum atomic E-state index is -0.886. The monoisotopic (exact) mass is 414 g/mol. The number of benzene rings is 2. The number of methoxy groups -OCH3 is 1. The molecule has 0 spiro atoms. The molecule has 0 radical (unpaired) electrons. The second-order valence-electron chi connectivity index (χ2n) is 7.15. The molecule has 1 atom stereocenters. The van der Waals surface area contributed by atoms with Crippen molar-refractivity contribution in [2.75, 3.05) is 12.0 Å². The van der Waals surface area contributed by atoms with Crippen molar-refractivity contribution in [1.29, 1.82) is 0 Å². The molecule has 156 valence electrons. The Hall–Kier alpha value is -3.93. The zero-order valence-electron chi connectivity index (χ0n) is 17.3. The van der Waals surface area contributed by atoms with E-state index in [1.54, 1.807) is 60.8 Å². The number of ketones is 1. The van der Waals surface area contributed by atoms with Gasteiger partial charge in [-0.25, -0.2) is 0 Å². The summed E-state index contributed by atoms with van der Waals surface area (Å²) in [5, 5.41) is 11.1. The van der Waals surface area contributed by atoms with Gasteiger partial charge in [0.2, 0.25) is 0 Å². The standard InChI is InChI=1S/C25H22N2O4/c1-3-16-11-13-17(14-12-16)23(28)21-22(18-8-6-7-15-26-18)27(25(30)24(21)29)19-9-4-5-10-20(19)31-2/h4-15,22,28H,3H2,1-2H3/b23-21-. The van der Waals surface area contributed by atoms with Crippen LogP contribution in [0.4, 0.5) is 5.69 Å². The maximum Gasteiger partial charge on any atom is 0.300 e. The number of hydrogen-bond donors (Lipinski definition) is 1. The van der Waals surface area contributed by atoms with E-state index < -0.39 is 17.7 Å². The van der Waals surface area contributed by atoms with Crippen molar-refractivity contribution in [3.05, 3.63) is 95.3 Å². The lowest BCUT2D eigenvalue weighted by Gasteiger charge is -2.26. The predicted molar refractivity (Wildman–Crippen MR) is 118 cm³/mol. The summed E-state index contributed by atoms with van der Waals surface area (Å²) >= 11 is 0. The van der Waals surface area contributed by atoms with Crippen LogP contribution in [0.25, 0.3) is 5.76 Å². The molecule has 1 N–H and O–H groups in total. The number of aliphatic hydroxyl groups is 1. The molecule has 1 amide bonds. The lowest BCUT2D eigenvalue weighted by atomic mass is 9.97. The second kappa shape index (κ2) is 8.44. The topological polar surface area (TPSA) is 79.7 Å². The Morgan fingerprint density at radius 3 is 2.39 bits per heavy atom. The Morgan fingerprint density at radius 2 is 1.74 bits per heavy atom. The molecule has 2 aromatic carbocycles. The molecule has 31 heavy (non-hydrogen) atoms. The highest BCUT2D eigenvalue weighted by Crippen LogP contribution is 2.44. The maximum absolute atomic E-state index is 13.2. The van der Waals surface area contributed by atoms with Crippen molar-refractivity contribution in [2.24, 2.45) is 0 Å². The molecule has 6 nitrogen and oxygen atoms in total. The first-order valence-electron chi connectivity index (χ1n) is 10.0. The molecule has 1 saturated heterocycles. The van der Waals surface area contributed by atoms with Crippen LogP contribution in [0.1, 0.15) is 29.8 Å². The Kier molecular flexibility index (Phi) is 5.54. The molecule has 0 bridgehead atoms. The van der Waals surface area contributed by atoms with Gasteiger partial charge in [0.15, 0.2) is 0 Å². The van der Waals surface area contributed by atoms with Gasteiger partial charge in [0.05, 0.1) is 24.1 Å². The van der Waals surface area contributed by atoms with Crippen LogP contribution in [0.2, 0.25) is 0 Å². The van der Waals surface area contributed by atoms with Crippen LogP contribution in [-0.4, -0.2) is 28.9 Å². The van der Waals surface area contributed by atoms with E-state index >= 15 is 0 Å². The molecular weight excluding hydrogens is 392 g/mol. The van der Waals surface area contributed by atoms with Crippen molar-refractivity contribution >= 4 is 23.1 Å². The Labute approximate surface area is 180 Å². The molecule has 2 heterocycles. The van der Waals surface area contributed by atoms with Crippen LogP contribution in [-0.2, 0) is 16.0 Å². The van der Waals surface area contributed by atoms with E-state index in [1.165, 1.54) is 12.0 Å². The van der Waals surface area contributed by atoms with Crippen LogP contribution in [0, 0.1) is 0 Å². The van der Waals surface area contributed by atoms with Gasteiger partial charge in [-0.3, -0.25) is 19.5 Å². The number of amides is 1. The highest BCUT2D eigenvalue weighted by Gasteiger charge is 2.48. The van der Waals surface area contributed by atoms with Gasteiger partial charge >= 0.3 is 0 Å². The van der Waals surface area contributed by atoms with Gasteiger partial charge in [0.1, 0.15) is 17.6 Å². The molecule has 1 unspecified atom stereocenters. The lowest BCUT2D eigenvalue weighted by Crippen LogP contribution is -2.30. The first kappa shape index (κ1) is 20.3. The number of Topliss-reactive ketones (excluding diaryl/α,β-unsaturated/α-hetero) is 1. The molecule has 0 aliphatic carbocycles. The van der Waals surface area contributed by atoms with Gasteiger partial charge in [0.25, 0.3) is 11.7 Å². The van der Waals surface area contributed by atoms with Gasteiger partial charge in [-0.2, -0.15) is 0 Å². The maximum atomic E-state index is 13.2. The fourth-order valence-electron chi connectivity index (χ4n) is 3.78. The summed E-state index contributed by atoms with van der Waals surface area (Å²) in [6, 6.07) is 18.6. The molecule has 1 fully saturated rings. The van der Waals surface area contributed by atoms with Crippen molar-refractivity contribution in [3.63, 3.8) is 0 Å². The number of carbonyl (C=O) groups is 2. The summed E-state index contributed by atoms with van der Waals surface area (Å²) in [6.45, 7) is 2.04. The summed E-state index contributed by atoms with van der Waals surface area (Å²) in [6.07, 6.45) is 2.45. The van der Waals surface area contributed by atoms with Crippen molar-refractivity contribution in [3.8, 4) is 5.75 Å². The van der Waals surface area contributed by atoms with E-state index in [4.69, 9.17) is 4.74 Å². The molecule has 1 aliphatic rings. The molecule has 1 aliphatic heterocycles. The van der Waals surface area contributed by atoms with Crippen LogP contribution in [0.5, 0.6) is 5.75 Å². The number of aliphatic hydroxyl groups excluding tert-OH is 1. The van der Waals surface area contributed by atoms with Gasteiger partial charge in [-0.15, -0.1) is 0 Å². The Bertz CT molecular complexity index is 1150. The summed E-state index contributed by atoms with van der Waals surface area (Å²) in [5.74, 6) is -1.29. The van der Waals surface area contributed by atoms with E-state index in [2.05, 4.69) is 4.98 Å². The first-order chi connectivity index (χ1) is 15.1. The largest absolute Gasteiger partial charge is 0.507 e. The normalized spacial score (nSPS) is 17.7. The molecular formula is C25H22N2O4. The van der Waals surface area contributed by atoms with E-state index in [-0.39, 0.29) is 11.3 Å². The van der Waals surface area contributed by atoms with Gasteiger partial charge in [-0.1, -0.05) is 49.4 Å². The third kappa shape index (κ3) is 3.57. The van der Waals surface area contributed by atoms with Gasteiger partial charge in [0, 0.05) is 11.8 Å². The second-order valence-corrected chi connectivity index (χ2v) is 7.15. The zero-order chi connectivity index (χ0) is 22.0. The summed E-state index contributed by atoms with van der Waals surface area (Å²) < 4.78 is 5.43. The molecule has 6 heteroatoms. The van der Waals surface area contributed by atoms with Gasteiger partial charge in [-0.05, 0) is 36.2 Å². The summed E-state index contributed by atoms with van der Waals surface area (Å²) in [7, 11) is 1.50. The predicted octanol–water partition coefficient (Wildman–Crippen LogP) is 4.28. The van der Waals surface area contributed by atoms with E-state index in [9.17, 15) is 14.7 Å². The average Bonchev–Trinajstić information content (AvgIpc) is 3.09.